The highest BCUT2D eigenvalue weighted by Gasteiger charge is 2.23. The van der Waals surface area contributed by atoms with Gasteiger partial charge in [-0.05, 0) is 67.6 Å². The summed E-state index contributed by atoms with van der Waals surface area (Å²) in [5, 5.41) is 0. The van der Waals surface area contributed by atoms with E-state index >= 15 is 0 Å². The SMILES string of the molecule is CCOc1ccc(NS(=O)(=O)c2ccc(C(=O)N3CCN(c4cccc(OC)c4)CC3)cc2)cc1. The highest BCUT2D eigenvalue weighted by molar-refractivity contribution is 7.92. The number of carbonyl (C=O) groups excluding carboxylic acids is 1. The lowest BCUT2D eigenvalue weighted by Crippen LogP contribution is -2.48. The molecule has 0 unspecified atom stereocenters. The topological polar surface area (TPSA) is 88.2 Å². The third-order valence-electron chi connectivity index (χ3n) is 5.81. The van der Waals surface area contributed by atoms with Crippen LogP contribution in [0, 0.1) is 0 Å². The van der Waals surface area contributed by atoms with Gasteiger partial charge in [-0.2, -0.15) is 0 Å². The van der Waals surface area contributed by atoms with Crippen LogP contribution in [0.3, 0.4) is 0 Å². The van der Waals surface area contributed by atoms with Crippen molar-refractivity contribution in [2.24, 2.45) is 0 Å². The summed E-state index contributed by atoms with van der Waals surface area (Å²) in [4.78, 5) is 17.1. The maximum Gasteiger partial charge on any atom is 0.261 e. The number of rotatable bonds is 8. The average Bonchev–Trinajstić information content (AvgIpc) is 2.89. The molecule has 4 rings (SSSR count). The Bertz CT molecular complexity index is 1250. The van der Waals surface area contributed by atoms with Gasteiger partial charge in [-0.25, -0.2) is 8.42 Å². The number of nitrogens with zero attached hydrogens (tertiary/aromatic N) is 2. The van der Waals surface area contributed by atoms with Gasteiger partial charge in [0, 0.05) is 49.2 Å². The van der Waals surface area contributed by atoms with E-state index in [0.29, 0.717) is 49.8 Å². The number of sulfonamides is 1. The van der Waals surface area contributed by atoms with Gasteiger partial charge in [-0.3, -0.25) is 9.52 Å². The molecule has 3 aromatic rings. The van der Waals surface area contributed by atoms with E-state index in [1.807, 2.05) is 31.2 Å². The molecule has 184 valence electrons. The quantitative estimate of drug-likeness (QED) is 0.511. The number of ether oxygens (including phenoxy) is 2. The summed E-state index contributed by atoms with van der Waals surface area (Å²) < 4.78 is 38.7. The van der Waals surface area contributed by atoms with Gasteiger partial charge in [-0.1, -0.05) is 6.07 Å². The molecule has 1 aliphatic rings. The first-order valence-electron chi connectivity index (χ1n) is 11.4. The van der Waals surface area contributed by atoms with Crippen LogP contribution in [-0.2, 0) is 10.0 Å². The molecular weight excluding hydrogens is 466 g/mol. The summed E-state index contributed by atoms with van der Waals surface area (Å²) >= 11 is 0. The molecule has 1 fully saturated rings. The molecular formula is C26H29N3O5S. The van der Waals surface area contributed by atoms with Gasteiger partial charge in [0.15, 0.2) is 0 Å². The minimum Gasteiger partial charge on any atom is -0.497 e. The molecule has 3 aromatic carbocycles. The van der Waals surface area contributed by atoms with Crippen LogP contribution in [-0.4, -0.2) is 59.1 Å². The molecule has 0 spiro atoms. The van der Waals surface area contributed by atoms with Gasteiger partial charge in [-0.15, -0.1) is 0 Å². The van der Waals surface area contributed by atoms with Crippen LogP contribution in [0.2, 0.25) is 0 Å². The van der Waals surface area contributed by atoms with E-state index in [1.54, 1.807) is 48.4 Å². The van der Waals surface area contributed by atoms with Crippen LogP contribution < -0.4 is 19.1 Å². The summed E-state index contributed by atoms with van der Waals surface area (Å²) in [5.41, 5.74) is 1.95. The highest BCUT2D eigenvalue weighted by Crippen LogP contribution is 2.23. The second-order valence-electron chi connectivity index (χ2n) is 8.07. The molecule has 0 bridgehead atoms. The molecule has 35 heavy (non-hydrogen) atoms. The van der Waals surface area contributed by atoms with E-state index in [1.165, 1.54) is 12.1 Å². The maximum absolute atomic E-state index is 13.0. The van der Waals surface area contributed by atoms with Gasteiger partial charge in [0.2, 0.25) is 0 Å². The number of anilines is 2. The second kappa shape index (κ2) is 10.7. The van der Waals surface area contributed by atoms with Crippen molar-refractivity contribution >= 4 is 27.3 Å². The summed E-state index contributed by atoms with van der Waals surface area (Å²) in [6.45, 7) is 4.99. The zero-order valence-electron chi connectivity index (χ0n) is 19.8. The number of benzene rings is 3. The van der Waals surface area contributed by atoms with Crippen LogP contribution >= 0.6 is 0 Å². The molecule has 1 amide bonds. The van der Waals surface area contributed by atoms with Gasteiger partial charge >= 0.3 is 0 Å². The Morgan fingerprint density at radius 3 is 2.23 bits per heavy atom. The predicted molar refractivity (Wildman–Crippen MR) is 136 cm³/mol. The van der Waals surface area contributed by atoms with Crippen molar-refractivity contribution in [1.82, 2.24) is 4.90 Å². The van der Waals surface area contributed by atoms with Gasteiger partial charge in [0.1, 0.15) is 11.5 Å². The molecule has 0 radical (unpaired) electrons. The molecule has 0 aliphatic carbocycles. The minimum atomic E-state index is -3.78. The number of hydrogen-bond donors (Lipinski definition) is 1. The van der Waals surface area contributed by atoms with Crippen molar-refractivity contribution < 1.29 is 22.7 Å². The maximum atomic E-state index is 13.0. The van der Waals surface area contributed by atoms with Crippen molar-refractivity contribution in [3.8, 4) is 11.5 Å². The Labute approximate surface area is 206 Å². The summed E-state index contributed by atoms with van der Waals surface area (Å²) in [5.74, 6) is 1.36. The van der Waals surface area contributed by atoms with Gasteiger partial charge < -0.3 is 19.3 Å². The Kier molecular flexibility index (Phi) is 7.45. The second-order valence-corrected chi connectivity index (χ2v) is 9.75. The van der Waals surface area contributed by atoms with Crippen molar-refractivity contribution in [2.75, 3.05) is 49.5 Å². The normalized spacial score (nSPS) is 13.9. The first kappa shape index (κ1) is 24.4. The fourth-order valence-electron chi connectivity index (χ4n) is 3.93. The Morgan fingerprint density at radius 2 is 1.60 bits per heavy atom. The lowest BCUT2D eigenvalue weighted by molar-refractivity contribution is 0.0746. The number of nitrogens with one attached hydrogen (secondary N) is 1. The van der Waals surface area contributed by atoms with E-state index in [2.05, 4.69) is 9.62 Å². The predicted octanol–water partition coefficient (Wildman–Crippen LogP) is 3.86. The smallest absolute Gasteiger partial charge is 0.261 e. The summed E-state index contributed by atoms with van der Waals surface area (Å²) in [6, 6.07) is 20.6. The molecule has 1 heterocycles. The fraction of sp³-hybridized carbons (Fsp3) is 0.269. The van der Waals surface area contributed by atoms with Crippen molar-refractivity contribution in [3.63, 3.8) is 0 Å². The number of piperazine rings is 1. The Balaban J connectivity index is 1.37. The zero-order chi connectivity index (χ0) is 24.8. The summed E-state index contributed by atoms with van der Waals surface area (Å²) in [7, 11) is -2.14. The van der Waals surface area contributed by atoms with Gasteiger partial charge in [0.25, 0.3) is 15.9 Å². The monoisotopic (exact) mass is 495 g/mol. The molecule has 0 aromatic heterocycles. The molecule has 9 heteroatoms. The lowest BCUT2D eigenvalue weighted by atomic mass is 10.1. The largest absolute Gasteiger partial charge is 0.497 e. The fourth-order valence-corrected chi connectivity index (χ4v) is 4.99. The van der Waals surface area contributed by atoms with Crippen molar-refractivity contribution in [1.29, 1.82) is 0 Å². The van der Waals surface area contributed by atoms with E-state index in [9.17, 15) is 13.2 Å². The first-order chi connectivity index (χ1) is 16.9. The highest BCUT2D eigenvalue weighted by atomic mass is 32.2. The molecule has 1 aliphatic heterocycles. The van der Waals surface area contributed by atoms with E-state index in [0.717, 1.165) is 11.4 Å². The standard InChI is InChI=1S/C26H29N3O5S/c1-3-34-23-11-9-21(10-12-23)27-35(31,32)25-13-7-20(8-14-25)26(30)29-17-15-28(16-18-29)22-5-4-6-24(19-22)33-2/h4-14,19,27H,3,15-18H2,1-2H3. The van der Waals surface area contributed by atoms with E-state index in [4.69, 9.17) is 9.47 Å². The number of methoxy groups -OCH3 is 1. The van der Waals surface area contributed by atoms with Crippen LogP contribution in [0.1, 0.15) is 17.3 Å². The average molecular weight is 496 g/mol. The van der Waals surface area contributed by atoms with Crippen molar-refractivity contribution in [3.05, 3.63) is 78.4 Å². The number of carbonyl (C=O) groups is 1. The molecule has 8 nitrogen and oxygen atoms in total. The van der Waals surface area contributed by atoms with Crippen LogP contribution in [0.15, 0.2) is 77.7 Å². The van der Waals surface area contributed by atoms with E-state index < -0.39 is 10.0 Å². The Hall–Kier alpha value is -3.72. The third-order valence-corrected chi connectivity index (χ3v) is 7.21. The lowest BCUT2D eigenvalue weighted by Gasteiger charge is -2.36. The van der Waals surface area contributed by atoms with Crippen LogP contribution in [0.25, 0.3) is 0 Å². The van der Waals surface area contributed by atoms with Crippen LogP contribution in [0.4, 0.5) is 11.4 Å². The van der Waals surface area contributed by atoms with Crippen molar-refractivity contribution in [2.45, 2.75) is 11.8 Å². The number of hydrogen-bond acceptors (Lipinski definition) is 6. The number of amides is 1. The van der Waals surface area contributed by atoms with Gasteiger partial charge in [0.05, 0.1) is 18.6 Å². The third kappa shape index (κ3) is 5.86. The minimum absolute atomic E-state index is 0.0887. The van der Waals surface area contributed by atoms with E-state index in [-0.39, 0.29) is 10.8 Å². The first-order valence-corrected chi connectivity index (χ1v) is 12.9. The molecule has 0 saturated carbocycles. The molecule has 1 N–H and O–H groups in total. The summed E-state index contributed by atoms with van der Waals surface area (Å²) in [6.07, 6.45) is 0. The zero-order valence-corrected chi connectivity index (χ0v) is 20.6. The Morgan fingerprint density at radius 1 is 0.914 bits per heavy atom. The molecule has 1 saturated heterocycles. The van der Waals surface area contributed by atoms with Crippen LogP contribution in [0.5, 0.6) is 11.5 Å². The molecule has 0 atom stereocenters.